The molecule has 0 fully saturated rings. The zero-order valence-corrected chi connectivity index (χ0v) is 8.50. The molecule has 12 heavy (non-hydrogen) atoms. The van der Waals surface area contributed by atoms with E-state index in [2.05, 4.69) is 25.2 Å². The third-order valence-corrected chi connectivity index (χ3v) is 3.76. The molecule has 1 aromatic rings. The maximum atomic E-state index is 3.46. The maximum absolute atomic E-state index is 3.46. The Morgan fingerprint density at radius 1 is 1.58 bits per heavy atom. The Kier molecular flexibility index (Phi) is 2.20. The van der Waals surface area contributed by atoms with Crippen LogP contribution >= 0.6 is 11.3 Å². The number of hydrogen-bond donors (Lipinski definition) is 1. The summed E-state index contributed by atoms with van der Waals surface area (Å²) in [5.74, 6) is 0.709. The summed E-state index contributed by atoms with van der Waals surface area (Å²) in [6, 6.07) is 2.35. The molecule has 1 unspecified atom stereocenters. The Balaban J connectivity index is 2.38. The predicted octanol–water partition coefficient (Wildman–Crippen LogP) is 2.31. The molecule has 1 aliphatic heterocycles. The van der Waals surface area contributed by atoms with E-state index in [0.29, 0.717) is 5.92 Å². The van der Waals surface area contributed by atoms with E-state index in [-0.39, 0.29) is 0 Å². The van der Waals surface area contributed by atoms with Crippen LogP contribution in [0.4, 0.5) is 0 Å². The van der Waals surface area contributed by atoms with Gasteiger partial charge in [-0.3, -0.25) is 0 Å². The van der Waals surface area contributed by atoms with Crippen molar-refractivity contribution in [1.82, 2.24) is 5.32 Å². The Morgan fingerprint density at radius 3 is 3.25 bits per heavy atom. The smallest absolute Gasteiger partial charge is 0.0121 e. The second-order valence-electron chi connectivity index (χ2n) is 3.60. The van der Waals surface area contributed by atoms with Crippen LogP contribution in [-0.2, 0) is 6.42 Å². The van der Waals surface area contributed by atoms with E-state index in [4.69, 9.17) is 0 Å². The quantitative estimate of drug-likeness (QED) is 0.647. The van der Waals surface area contributed by atoms with Gasteiger partial charge >= 0.3 is 0 Å². The SMILES string of the molecule is Cc1cc2c(s1)C(C)CNCC2. The summed E-state index contributed by atoms with van der Waals surface area (Å²) in [5, 5.41) is 3.46. The molecule has 0 aromatic carbocycles. The zero-order valence-electron chi connectivity index (χ0n) is 7.68. The average Bonchev–Trinajstić information content (AvgIpc) is 2.33. The molecule has 1 nitrogen and oxygen atoms in total. The van der Waals surface area contributed by atoms with Crippen molar-refractivity contribution in [1.29, 1.82) is 0 Å². The Bertz CT molecular complexity index is 277. The van der Waals surface area contributed by atoms with Crippen LogP contribution in [-0.4, -0.2) is 13.1 Å². The van der Waals surface area contributed by atoms with Gasteiger partial charge in [0.1, 0.15) is 0 Å². The standard InChI is InChI=1S/C10H15NS/c1-7-6-11-4-3-9-5-8(2)12-10(7)9/h5,7,11H,3-4,6H2,1-2H3. The fraction of sp³-hybridized carbons (Fsp3) is 0.600. The highest BCUT2D eigenvalue weighted by atomic mass is 32.1. The van der Waals surface area contributed by atoms with Crippen molar-refractivity contribution >= 4 is 11.3 Å². The first-order chi connectivity index (χ1) is 5.77. The van der Waals surface area contributed by atoms with E-state index in [0.717, 1.165) is 13.1 Å². The summed E-state index contributed by atoms with van der Waals surface area (Å²) in [7, 11) is 0. The Hall–Kier alpha value is -0.340. The summed E-state index contributed by atoms with van der Waals surface area (Å²) >= 11 is 1.97. The zero-order chi connectivity index (χ0) is 8.55. The van der Waals surface area contributed by atoms with Gasteiger partial charge in [-0.05, 0) is 31.5 Å². The molecule has 0 saturated carbocycles. The van der Waals surface area contributed by atoms with Crippen LogP contribution in [0.3, 0.4) is 0 Å². The molecule has 1 aromatic heterocycles. The lowest BCUT2D eigenvalue weighted by Gasteiger charge is -2.06. The minimum absolute atomic E-state index is 0.709. The molecule has 66 valence electrons. The van der Waals surface area contributed by atoms with E-state index in [1.165, 1.54) is 11.3 Å². The highest BCUT2D eigenvalue weighted by molar-refractivity contribution is 7.12. The van der Waals surface area contributed by atoms with Crippen molar-refractivity contribution in [2.75, 3.05) is 13.1 Å². The van der Waals surface area contributed by atoms with Crippen LogP contribution < -0.4 is 5.32 Å². The van der Waals surface area contributed by atoms with Gasteiger partial charge in [-0.2, -0.15) is 0 Å². The largest absolute Gasteiger partial charge is 0.316 e. The van der Waals surface area contributed by atoms with Gasteiger partial charge in [0.05, 0.1) is 0 Å². The molecule has 2 heteroatoms. The first kappa shape index (κ1) is 8.27. The Labute approximate surface area is 77.8 Å². The lowest BCUT2D eigenvalue weighted by atomic mass is 10.1. The van der Waals surface area contributed by atoms with Gasteiger partial charge in [-0.15, -0.1) is 11.3 Å². The molecular weight excluding hydrogens is 166 g/mol. The van der Waals surface area contributed by atoms with E-state index >= 15 is 0 Å². The fourth-order valence-corrected chi connectivity index (χ4v) is 2.96. The van der Waals surface area contributed by atoms with E-state index in [1.54, 1.807) is 10.4 Å². The number of nitrogens with one attached hydrogen (secondary N) is 1. The van der Waals surface area contributed by atoms with Crippen molar-refractivity contribution in [3.63, 3.8) is 0 Å². The molecule has 2 heterocycles. The van der Waals surface area contributed by atoms with Gasteiger partial charge in [0.25, 0.3) is 0 Å². The van der Waals surface area contributed by atoms with Crippen LogP contribution in [0.1, 0.15) is 28.2 Å². The lowest BCUT2D eigenvalue weighted by molar-refractivity contribution is 0.648. The molecule has 1 atom stereocenters. The molecule has 1 aliphatic rings. The molecule has 2 rings (SSSR count). The molecule has 0 aliphatic carbocycles. The van der Waals surface area contributed by atoms with E-state index in [9.17, 15) is 0 Å². The summed E-state index contributed by atoms with van der Waals surface area (Å²) < 4.78 is 0. The highest BCUT2D eigenvalue weighted by Gasteiger charge is 2.16. The van der Waals surface area contributed by atoms with Gasteiger partial charge in [0.2, 0.25) is 0 Å². The van der Waals surface area contributed by atoms with Gasteiger partial charge in [-0.25, -0.2) is 0 Å². The van der Waals surface area contributed by atoms with Crippen molar-refractivity contribution < 1.29 is 0 Å². The monoisotopic (exact) mass is 181 g/mol. The van der Waals surface area contributed by atoms with E-state index in [1.807, 2.05) is 11.3 Å². The molecule has 0 radical (unpaired) electrons. The first-order valence-electron chi connectivity index (χ1n) is 4.57. The normalized spacial score (nSPS) is 23.3. The first-order valence-corrected chi connectivity index (χ1v) is 5.39. The van der Waals surface area contributed by atoms with Gasteiger partial charge < -0.3 is 5.32 Å². The predicted molar refractivity (Wildman–Crippen MR) is 54.0 cm³/mol. The number of hydrogen-bond acceptors (Lipinski definition) is 2. The maximum Gasteiger partial charge on any atom is 0.0121 e. The average molecular weight is 181 g/mol. The molecule has 1 N–H and O–H groups in total. The number of aryl methyl sites for hydroxylation is 1. The summed E-state index contributed by atoms with van der Waals surface area (Å²) in [4.78, 5) is 3.08. The summed E-state index contributed by atoms with van der Waals surface area (Å²) in [6.07, 6.45) is 1.21. The lowest BCUT2D eigenvalue weighted by Crippen LogP contribution is -2.18. The minimum atomic E-state index is 0.709. The second kappa shape index (κ2) is 3.19. The van der Waals surface area contributed by atoms with Gasteiger partial charge in [-0.1, -0.05) is 6.92 Å². The van der Waals surface area contributed by atoms with Crippen molar-refractivity contribution in [3.8, 4) is 0 Å². The van der Waals surface area contributed by atoms with Gasteiger partial charge in [0, 0.05) is 22.2 Å². The van der Waals surface area contributed by atoms with Crippen molar-refractivity contribution in [2.24, 2.45) is 0 Å². The minimum Gasteiger partial charge on any atom is -0.316 e. The molecule has 0 saturated heterocycles. The topological polar surface area (TPSA) is 12.0 Å². The number of fused-ring (bicyclic) bond motifs is 1. The third kappa shape index (κ3) is 1.41. The third-order valence-electron chi connectivity index (χ3n) is 2.43. The fourth-order valence-electron chi connectivity index (χ4n) is 1.83. The number of rotatable bonds is 0. The van der Waals surface area contributed by atoms with E-state index < -0.39 is 0 Å². The molecule has 0 amide bonds. The van der Waals surface area contributed by atoms with Crippen LogP contribution in [0, 0.1) is 6.92 Å². The molecule has 0 spiro atoms. The van der Waals surface area contributed by atoms with Crippen LogP contribution in [0.15, 0.2) is 6.07 Å². The van der Waals surface area contributed by atoms with Crippen molar-refractivity contribution in [3.05, 3.63) is 21.4 Å². The van der Waals surface area contributed by atoms with Gasteiger partial charge in [0.15, 0.2) is 0 Å². The second-order valence-corrected chi connectivity index (χ2v) is 4.89. The summed E-state index contributed by atoms with van der Waals surface area (Å²) in [6.45, 7) is 6.81. The highest BCUT2D eigenvalue weighted by Crippen LogP contribution is 2.30. The van der Waals surface area contributed by atoms with Crippen LogP contribution in [0.25, 0.3) is 0 Å². The molecular formula is C10H15NS. The van der Waals surface area contributed by atoms with Crippen LogP contribution in [0.5, 0.6) is 0 Å². The van der Waals surface area contributed by atoms with Crippen LogP contribution in [0.2, 0.25) is 0 Å². The Morgan fingerprint density at radius 2 is 2.42 bits per heavy atom. The molecule has 0 bridgehead atoms. The van der Waals surface area contributed by atoms with Crippen molar-refractivity contribution in [2.45, 2.75) is 26.2 Å². The summed E-state index contributed by atoms with van der Waals surface area (Å²) in [5.41, 5.74) is 1.58. The number of thiophene rings is 1.